The Bertz CT molecular complexity index is 452. The Hall–Kier alpha value is -1.17. The maximum Gasteiger partial charge on any atom is 0.132 e. The van der Waals surface area contributed by atoms with Gasteiger partial charge in [0, 0.05) is 25.2 Å². The predicted molar refractivity (Wildman–Crippen MR) is 73.3 cm³/mol. The zero-order chi connectivity index (χ0) is 13.2. The van der Waals surface area contributed by atoms with E-state index in [9.17, 15) is 0 Å². The number of fused-ring (bicyclic) bond motifs is 3. The van der Waals surface area contributed by atoms with Gasteiger partial charge in [-0.25, -0.2) is 4.98 Å². The first-order valence-corrected chi connectivity index (χ1v) is 6.96. The number of rotatable bonds is 4. The van der Waals surface area contributed by atoms with Gasteiger partial charge in [0.1, 0.15) is 5.82 Å². The summed E-state index contributed by atoms with van der Waals surface area (Å²) in [6.07, 6.45) is 1.08. The quantitative estimate of drug-likeness (QED) is 0.766. The van der Waals surface area contributed by atoms with Crippen LogP contribution in [0.15, 0.2) is 12.1 Å². The molecule has 0 amide bonds. The van der Waals surface area contributed by atoms with Crippen molar-refractivity contribution in [3.05, 3.63) is 23.4 Å². The first-order chi connectivity index (χ1) is 9.29. The fraction of sp³-hybridized carbons (Fsp3) is 0.643. The normalized spacial score (nSPS) is 25.3. The molecular formula is C14H21N3O2. The molecule has 2 N–H and O–H groups in total. The van der Waals surface area contributed by atoms with Crippen molar-refractivity contribution in [2.75, 3.05) is 31.2 Å². The van der Waals surface area contributed by atoms with Crippen LogP contribution in [0.4, 0.5) is 5.82 Å². The van der Waals surface area contributed by atoms with E-state index >= 15 is 0 Å². The summed E-state index contributed by atoms with van der Waals surface area (Å²) in [6.45, 7) is 5.19. The number of hydrogen-bond donors (Lipinski definition) is 2. The molecule has 0 bridgehead atoms. The minimum Gasteiger partial charge on any atom is -0.394 e. The lowest BCUT2D eigenvalue weighted by Crippen LogP contribution is -2.55. The molecule has 5 heteroatoms. The van der Waals surface area contributed by atoms with Crippen molar-refractivity contribution in [2.45, 2.75) is 32.0 Å². The monoisotopic (exact) mass is 263 g/mol. The summed E-state index contributed by atoms with van der Waals surface area (Å²) in [5.41, 5.74) is 2.28. The topological polar surface area (TPSA) is 57.6 Å². The van der Waals surface area contributed by atoms with Crippen molar-refractivity contribution in [2.24, 2.45) is 0 Å². The first-order valence-electron chi connectivity index (χ1n) is 6.96. The van der Waals surface area contributed by atoms with Gasteiger partial charge in [-0.1, -0.05) is 6.07 Å². The van der Waals surface area contributed by atoms with Crippen LogP contribution in [0.1, 0.15) is 18.2 Å². The van der Waals surface area contributed by atoms with Crippen LogP contribution in [0.3, 0.4) is 0 Å². The van der Waals surface area contributed by atoms with E-state index in [1.807, 2.05) is 6.07 Å². The standard InChI is InChI=1S/C14H21N3O2/c1-10-7-15-8-13-6-11-2-3-12(9-19-5-4-18)16-14(11)17(10)13/h2-3,10,13,15,18H,4-9H2,1H3/t10-,13-/m1/s1. The summed E-state index contributed by atoms with van der Waals surface area (Å²) in [6, 6.07) is 5.23. The summed E-state index contributed by atoms with van der Waals surface area (Å²) in [5.74, 6) is 1.13. The van der Waals surface area contributed by atoms with Gasteiger partial charge in [-0.05, 0) is 25.0 Å². The molecule has 0 aliphatic carbocycles. The smallest absolute Gasteiger partial charge is 0.132 e. The Morgan fingerprint density at radius 1 is 1.47 bits per heavy atom. The Morgan fingerprint density at radius 2 is 2.37 bits per heavy atom. The Kier molecular flexibility index (Phi) is 3.68. The minimum atomic E-state index is 0.0574. The molecule has 0 spiro atoms. The van der Waals surface area contributed by atoms with Crippen molar-refractivity contribution >= 4 is 5.82 Å². The number of ether oxygens (including phenoxy) is 1. The van der Waals surface area contributed by atoms with E-state index in [0.29, 0.717) is 25.3 Å². The highest BCUT2D eigenvalue weighted by Gasteiger charge is 2.36. The SMILES string of the molecule is C[C@@H]1CNC[C@H]2Cc3ccc(COCCO)nc3N21. The third-order valence-corrected chi connectivity index (χ3v) is 3.89. The molecular weight excluding hydrogens is 242 g/mol. The molecule has 1 aromatic heterocycles. The summed E-state index contributed by atoms with van der Waals surface area (Å²) in [4.78, 5) is 7.20. The number of nitrogens with zero attached hydrogens (tertiary/aromatic N) is 2. The van der Waals surface area contributed by atoms with E-state index < -0.39 is 0 Å². The number of hydrogen-bond acceptors (Lipinski definition) is 5. The van der Waals surface area contributed by atoms with Gasteiger partial charge in [0.05, 0.1) is 25.5 Å². The molecule has 19 heavy (non-hydrogen) atoms. The highest BCUT2D eigenvalue weighted by molar-refractivity contribution is 5.56. The molecule has 1 fully saturated rings. The number of anilines is 1. The maximum absolute atomic E-state index is 8.73. The third kappa shape index (κ3) is 2.45. The minimum absolute atomic E-state index is 0.0574. The molecule has 104 valence electrons. The summed E-state index contributed by atoms with van der Waals surface area (Å²) < 4.78 is 5.35. The predicted octanol–water partition coefficient (Wildman–Crippen LogP) is 0.313. The second-order valence-corrected chi connectivity index (χ2v) is 5.33. The molecule has 0 saturated carbocycles. The average molecular weight is 263 g/mol. The highest BCUT2D eigenvalue weighted by atomic mass is 16.5. The van der Waals surface area contributed by atoms with Crippen LogP contribution in [0, 0.1) is 0 Å². The van der Waals surface area contributed by atoms with E-state index in [2.05, 4.69) is 23.2 Å². The first kappa shape index (κ1) is 12.8. The molecule has 1 aromatic rings. The van der Waals surface area contributed by atoms with Gasteiger partial charge in [0.2, 0.25) is 0 Å². The van der Waals surface area contributed by atoms with Crippen molar-refractivity contribution in [3.63, 3.8) is 0 Å². The van der Waals surface area contributed by atoms with Crippen molar-refractivity contribution in [1.82, 2.24) is 10.3 Å². The number of aliphatic hydroxyl groups excluding tert-OH is 1. The fourth-order valence-corrected chi connectivity index (χ4v) is 3.04. The highest BCUT2D eigenvalue weighted by Crippen LogP contribution is 2.33. The molecule has 2 aliphatic heterocycles. The van der Waals surface area contributed by atoms with E-state index in [1.54, 1.807) is 0 Å². The second-order valence-electron chi connectivity index (χ2n) is 5.33. The zero-order valence-electron chi connectivity index (χ0n) is 11.3. The number of aromatic nitrogens is 1. The lowest BCUT2D eigenvalue weighted by Gasteiger charge is -2.37. The molecule has 5 nitrogen and oxygen atoms in total. The molecule has 0 radical (unpaired) electrons. The van der Waals surface area contributed by atoms with Crippen molar-refractivity contribution in [1.29, 1.82) is 0 Å². The van der Waals surface area contributed by atoms with Gasteiger partial charge < -0.3 is 20.1 Å². The summed E-state index contributed by atoms with van der Waals surface area (Å²) in [7, 11) is 0. The van der Waals surface area contributed by atoms with Crippen molar-refractivity contribution < 1.29 is 9.84 Å². The van der Waals surface area contributed by atoms with Crippen LogP contribution >= 0.6 is 0 Å². The molecule has 0 aromatic carbocycles. The third-order valence-electron chi connectivity index (χ3n) is 3.89. The van der Waals surface area contributed by atoms with Crippen LogP contribution in [-0.2, 0) is 17.8 Å². The molecule has 0 unspecified atom stereocenters. The van der Waals surface area contributed by atoms with Crippen molar-refractivity contribution in [3.8, 4) is 0 Å². The van der Waals surface area contributed by atoms with Gasteiger partial charge in [-0.3, -0.25) is 0 Å². The number of piperazine rings is 1. The second kappa shape index (κ2) is 5.45. The average Bonchev–Trinajstić information content (AvgIpc) is 2.78. The molecule has 2 atom stereocenters. The molecule has 1 saturated heterocycles. The lowest BCUT2D eigenvalue weighted by atomic mass is 10.1. The molecule has 3 heterocycles. The fourth-order valence-electron chi connectivity index (χ4n) is 3.04. The van der Waals surface area contributed by atoms with Gasteiger partial charge in [-0.2, -0.15) is 0 Å². The Labute approximate surface area is 113 Å². The summed E-state index contributed by atoms with van der Waals surface area (Å²) in [5, 5.41) is 12.2. The maximum atomic E-state index is 8.73. The Morgan fingerprint density at radius 3 is 3.21 bits per heavy atom. The number of pyridine rings is 1. The van der Waals surface area contributed by atoms with Gasteiger partial charge in [0.15, 0.2) is 0 Å². The van der Waals surface area contributed by atoms with E-state index in [0.717, 1.165) is 31.0 Å². The van der Waals surface area contributed by atoms with Gasteiger partial charge in [-0.15, -0.1) is 0 Å². The number of aliphatic hydroxyl groups is 1. The lowest BCUT2D eigenvalue weighted by molar-refractivity contribution is 0.0797. The van der Waals surface area contributed by atoms with Gasteiger partial charge in [0.25, 0.3) is 0 Å². The zero-order valence-corrected chi connectivity index (χ0v) is 11.3. The largest absolute Gasteiger partial charge is 0.394 e. The van der Waals surface area contributed by atoms with Crippen LogP contribution in [-0.4, -0.2) is 48.5 Å². The Balaban J connectivity index is 1.79. The van der Waals surface area contributed by atoms with E-state index in [1.165, 1.54) is 5.56 Å². The molecule has 2 aliphatic rings. The molecule has 3 rings (SSSR count). The van der Waals surface area contributed by atoms with Gasteiger partial charge >= 0.3 is 0 Å². The van der Waals surface area contributed by atoms with Crippen LogP contribution in [0.5, 0.6) is 0 Å². The summed E-state index contributed by atoms with van der Waals surface area (Å²) >= 11 is 0. The van der Waals surface area contributed by atoms with Crippen LogP contribution in [0.2, 0.25) is 0 Å². The number of nitrogens with one attached hydrogen (secondary N) is 1. The van der Waals surface area contributed by atoms with E-state index in [4.69, 9.17) is 14.8 Å². The van der Waals surface area contributed by atoms with Crippen LogP contribution < -0.4 is 10.2 Å². The van der Waals surface area contributed by atoms with E-state index in [-0.39, 0.29) is 6.61 Å². The van der Waals surface area contributed by atoms with Crippen LogP contribution in [0.25, 0.3) is 0 Å².